The third-order valence-electron chi connectivity index (χ3n) is 4.97. The molecule has 19 heavy (non-hydrogen) atoms. The number of aliphatic hydroxyl groups is 2. The van der Waals surface area contributed by atoms with Crippen molar-refractivity contribution in [1.82, 2.24) is 4.90 Å². The number of likely N-dealkylation sites (tertiary alicyclic amines) is 1. The van der Waals surface area contributed by atoms with E-state index in [1.165, 1.54) is 5.56 Å². The summed E-state index contributed by atoms with van der Waals surface area (Å²) >= 11 is 0. The second-order valence-electron chi connectivity index (χ2n) is 5.78. The number of ether oxygens (including phenoxy) is 1. The molecule has 1 aliphatic carbocycles. The predicted molar refractivity (Wildman–Crippen MR) is 72.5 cm³/mol. The summed E-state index contributed by atoms with van der Waals surface area (Å²) in [7, 11) is 3.69. The number of hydrogen-bond acceptors (Lipinski definition) is 4. The maximum atomic E-state index is 10.7. The first-order chi connectivity index (χ1) is 9.12. The standard InChI is InChI=1S/C15H21NO3/c1-16-6-5-15(9-17)12-8-11(19-2)4-3-10(12)7-13(16)14(15)18/h3-4,8,13-14,17-18H,5-7,9H2,1-2H3. The molecule has 1 heterocycles. The number of likely N-dealkylation sites (N-methyl/N-ethyl adjacent to an activating group) is 1. The van der Waals surface area contributed by atoms with Crippen LogP contribution in [-0.2, 0) is 11.8 Å². The Morgan fingerprint density at radius 2 is 2.26 bits per heavy atom. The zero-order valence-electron chi connectivity index (χ0n) is 11.5. The molecule has 0 amide bonds. The van der Waals surface area contributed by atoms with E-state index in [4.69, 9.17) is 4.74 Å². The highest BCUT2D eigenvalue weighted by Gasteiger charge is 2.51. The maximum absolute atomic E-state index is 10.7. The highest BCUT2D eigenvalue weighted by molar-refractivity contribution is 5.45. The van der Waals surface area contributed by atoms with Crippen molar-refractivity contribution in [2.45, 2.75) is 30.4 Å². The van der Waals surface area contributed by atoms with Gasteiger partial charge in [-0.25, -0.2) is 0 Å². The quantitative estimate of drug-likeness (QED) is 0.818. The summed E-state index contributed by atoms with van der Waals surface area (Å²) in [6.07, 6.45) is 1.09. The van der Waals surface area contributed by atoms with E-state index >= 15 is 0 Å². The summed E-state index contributed by atoms with van der Waals surface area (Å²) in [5, 5.41) is 20.6. The summed E-state index contributed by atoms with van der Waals surface area (Å²) in [6.45, 7) is 0.887. The van der Waals surface area contributed by atoms with Gasteiger partial charge in [-0.3, -0.25) is 0 Å². The first-order valence-electron chi connectivity index (χ1n) is 6.79. The van der Waals surface area contributed by atoms with Gasteiger partial charge in [-0.05, 0) is 49.7 Å². The van der Waals surface area contributed by atoms with Crippen molar-refractivity contribution < 1.29 is 14.9 Å². The van der Waals surface area contributed by atoms with Crippen molar-refractivity contribution in [2.75, 3.05) is 27.3 Å². The number of rotatable bonds is 2. The van der Waals surface area contributed by atoms with Gasteiger partial charge in [0.25, 0.3) is 0 Å². The van der Waals surface area contributed by atoms with E-state index in [0.717, 1.165) is 30.7 Å². The summed E-state index contributed by atoms with van der Waals surface area (Å²) in [5.74, 6) is 0.788. The molecule has 1 aliphatic heterocycles. The molecule has 1 aromatic carbocycles. The van der Waals surface area contributed by atoms with Gasteiger partial charge in [0.2, 0.25) is 0 Å². The average Bonchev–Trinajstić information content (AvgIpc) is 2.43. The number of nitrogens with zero attached hydrogens (tertiary/aromatic N) is 1. The normalized spacial score (nSPS) is 33.9. The largest absolute Gasteiger partial charge is 0.497 e. The summed E-state index contributed by atoms with van der Waals surface area (Å²) in [5.41, 5.74) is 1.75. The Morgan fingerprint density at radius 1 is 1.47 bits per heavy atom. The molecule has 4 nitrogen and oxygen atoms in total. The number of fused-ring (bicyclic) bond motifs is 4. The Labute approximate surface area is 113 Å². The van der Waals surface area contributed by atoms with E-state index in [1.807, 2.05) is 19.2 Å². The van der Waals surface area contributed by atoms with Crippen LogP contribution in [0.5, 0.6) is 5.75 Å². The van der Waals surface area contributed by atoms with Crippen LogP contribution in [0.15, 0.2) is 18.2 Å². The lowest BCUT2D eigenvalue weighted by molar-refractivity contribution is -0.0677. The lowest BCUT2D eigenvalue weighted by Crippen LogP contribution is -2.63. The summed E-state index contributed by atoms with van der Waals surface area (Å²) in [4.78, 5) is 2.20. The fourth-order valence-electron chi connectivity index (χ4n) is 3.67. The molecule has 2 N–H and O–H groups in total. The van der Waals surface area contributed by atoms with Gasteiger partial charge < -0.3 is 19.8 Å². The third-order valence-corrected chi connectivity index (χ3v) is 4.97. The van der Waals surface area contributed by atoms with E-state index in [9.17, 15) is 10.2 Å². The van der Waals surface area contributed by atoms with E-state index < -0.39 is 11.5 Å². The van der Waals surface area contributed by atoms with Crippen LogP contribution in [0.25, 0.3) is 0 Å². The van der Waals surface area contributed by atoms with Gasteiger partial charge in [0.15, 0.2) is 0 Å². The van der Waals surface area contributed by atoms with Crippen molar-refractivity contribution in [3.63, 3.8) is 0 Å². The van der Waals surface area contributed by atoms with Crippen molar-refractivity contribution in [1.29, 1.82) is 0 Å². The Morgan fingerprint density at radius 3 is 2.95 bits per heavy atom. The molecule has 3 atom stereocenters. The molecule has 1 aromatic rings. The number of benzene rings is 1. The minimum absolute atomic E-state index is 0.0152. The van der Waals surface area contributed by atoms with E-state index in [0.29, 0.717) is 0 Å². The first-order valence-corrected chi connectivity index (χ1v) is 6.79. The highest BCUT2D eigenvalue weighted by Crippen LogP contribution is 2.45. The Bertz CT molecular complexity index is 490. The highest BCUT2D eigenvalue weighted by atomic mass is 16.5. The molecule has 0 spiro atoms. The fraction of sp³-hybridized carbons (Fsp3) is 0.600. The van der Waals surface area contributed by atoms with Gasteiger partial charge in [-0.2, -0.15) is 0 Å². The molecule has 0 saturated carbocycles. The second-order valence-corrected chi connectivity index (χ2v) is 5.78. The van der Waals surface area contributed by atoms with Crippen LogP contribution in [0, 0.1) is 0 Å². The minimum atomic E-state index is -0.528. The zero-order chi connectivity index (χ0) is 13.6. The molecular weight excluding hydrogens is 242 g/mol. The van der Waals surface area contributed by atoms with E-state index in [2.05, 4.69) is 11.0 Å². The maximum Gasteiger partial charge on any atom is 0.119 e. The molecule has 3 unspecified atom stereocenters. The lowest BCUT2D eigenvalue weighted by Gasteiger charge is -2.53. The molecule has 4 heteroatoms. The van der Waals surface area contributed by atoms with Gasteiger partial charge in [0.1, 0.15) is 5.75 Å². The van der Waals surface area contributed by atoms with Crippen LogP contribution >= 0.6 is 0 Å². The molecule has 1 saturated heterocycles. The molecule has 0 radical (unpaired) electrons. The van der Waals surface area contributed by atoms with Crippen LogP contribution in [-0.4, -0.2) is 54.6 Å². The Hall–Kier alpha value is -1.10. The summed E-state index contributed by atoms with van der Waals surface area (Å²) < 4.78 is 5.29. The number of methoxy groups -OCH3 is 1. The van der Waals surface area contributed by atoms with Crippen LogP contribution in [0.4, 0.5) is 0 Å². The monoisotopic (exact) mass is 263 g/mol. The molecule has 0 aromatic heterocycles. The van der Waals surface area contributed by atoms with Gasteiger partial charge in [0, 0.05) is 11.5 Å². The third kappa shape index (κ3) is 1.71. The molecule has 3 rings (SSSR count). The van der Waals surface area contributed by atoms with E-state index in [-0.39, 0.29) is 12.6 Å². The zero-order valence-corrected chi connectivity index (χ0v) is 11.5. The lowest BCUT2D eigenvalue weighted by atomic mass is 9.62. The number of piperidine rings is 1. The molecule has 1 fully saturated rings. The SMILES string of the molecule is COc1ccc2c(c1)C1(CO)CCN(C)C(C2)C1O. The fourth-order valence-corrected chi connectivity index (χ4v) is 3.67. The van der Waals surface area contributed by atoms with Crippen molar-refractivity contribution in [3.8, 4) is 5.75 Å². The second kappa shape index (κ2) is 4.47. The van der Waals surface area contributed by atoms with Crippen LogP contribution in [0.1, 0.15) is 17.5 Å². The summed E-state index contributed by atoms with van der Waals surface area (Å²) in [6, 6.07) is 6.10. The smallest absolute Gasteiger partial charge is 0.119 e. The molecule has 104 valence electrons. The van der Waals surface area contributed by atoms with Gasteiger partial charge in [0.05, 0.1) is 19.8 Å². The molecular formula is C15H21NO3. The van der Waals surface area contributed by atoms with Crippen molar-refractivity contribution in [3.05, 3.63) is 29.3 Å². The first kappa shape index (κ1) is 12.9. The average molecular weight is 263 g/mol. The van der Waals surface area contributed by atoms with Crippen molar-refractivity contribution in [2.24, 2.45) is 0 Å². The van der Waals surface area contributed by atoms with Gasteiger partial charge in [-0.15, -0.1) is 0 Å². The van der Waals surface area contributed by atoms with Crippen LogP contribution < -0.4 is 4.74 Å². The van der Waals surface area contributed by atoms with E-state index in [1.54, 1.807) is 7.11 Å². The van der Waals surface area contributed by atoms with Gasteiger partial charge in [-0.1, -0.05) is 6.07 Å². The Kier molecular flexibility index (Phi) is 3.04. The number of hydrogen-bond donors (Lipinski definition) is 2. The minimum Gasteiger partial charge on any atom is -0.497 e. The number of aliphatic hydroxyl groups excluding tert-OH is 2. The topological polar surface area (TPSA) is 52.9 Å². The van der Waals surface area contributed by atoms with Crippen molar-refractivity contribution >= 4 is 0 Å². The predicted octanol–water partition coefficient (Wildman–Crippen LogP) is 0.546. The van der Waals surface area contributed by atoms with Crippen LogP contribution in [0.3, 0.4) is 0 Å². The molecule has 2 bridgehead atoms. The van der Waals surface area contributed by atoms with Crippen LogP contribution in [0.2, 0.25) is 0 Å². The Balaban J connectivity index is 2.15. The van der Waals surface area contributed by atoms with Gasteiger partial charge >= 0.3 is 0 Å². The molecule has 2 aliphatic rings.